The molecule has 6 heteroatoms. The van der Waals surface area contributed by atoms with E-state index in [1.54, 1.807) is 11.2 Å². The maximum atomic E-state index is 12.3. The van der Waals surface area contributed by atoms with E-state index in [0.29, 0.717) is 18.8 Å². The average Bonchev–Trinajstić information content (AvgIpc) is 3.24. The molecule has 0 unspecified atom stereocenters. The number of benzene rings is 1. The highest BCUT2D eigenvalue weighted by molar-refractivity contribution is 5.89. The molecule has 1 aliphatic heterocycles. The van der Waals surface area contributed by atoms with Crippen molar-refractivity contribution in [2.75, 3.05) is 31.6 Å². The van der Waals surface area contributed by atoms with E-state index in [1.165, 1.54) is 0 Å². The Labute approximate surface area is 134 Å². The topological polar surface area (TPSA) is 85.9 Å². The molecule has 2 heterocycles. The number of urea groups is 1. The first-order chi connectivity index (χ1) is 11.2. The van der Waals surface area contributed by atoms with Gasteiger partial charge in [0.05, 0.1) is 6.26 Å². The number of carbonyl (C=O) groups excluding carboxylic acids is 1. The number of aliphatic hydroxyl groups is 2. The molecular weight excluding hydrogens is 296 g/mol. The number of anilines is 1. The molecule has 0 radical (unpaired) electrons. The molecule has 2 amide bonds. The molecule has 23 heavy (non-hydrogen) atoms. The molecule has 1 saturated heterocycles. The smallest absolute Gasteiger partial charge is 0.321 e. The number of nitrogens with one attached hydrogen (secondary N) is 1. The SMILES string of the molecule is O=C(Nc1ccc(-c2ccco2)cc1)N1C[C@H](CO)[C@@H](CO)C1. The highest BCUT2D eigenvalue weighted by atomic mass is 16.3. The maximum Gasteiger partial charge on any atom is 0.321 e. The number of carbonyl (C=O) groups is 1. The van der Waals surface area contributed by atoms with Gasteiger partial charge in [-0.1, -0.05) is 0 Å². The first kappa shape index (κ1) is 15.6. The van der Waals surface area contributed by atoms with Crippen LogP contribution in [0.1, 0.15) is 0 Å². The normalized spacial score (nSPS) is 20.7. The van der Waals surface area contributed by atoms with E-state index in [0.717, 1.165) is 11.3 Å². The van der Waals surface area contributed by atoms with Gasteiger partial charge in [-0.15, -0.1) is 0 Å². The van der Waals surface area contributed by atoms with Crippen molar-refractivity contribution in [3.63, 3.8) is 0 Å². The van der Waals surface area contributed by atoms with Gasteiger partial charge in [-0.25, -0.2) is 4.79 Å². The van der Waals surface area contributed by atoms with Gasteiger partial charge in [-0.3, -0.25) is 0 Å². The zero-order chi connectivity index (χ0) is 16.2. The molecule has 2 atom stereocenters. The van der Waals surface area contributed by atoms with Crippen molar-refractivity contribution in [1.29, 1.82) is 0 Å². The molecule has 1 aliphatic rings. The summed E-state index contributed by atoms with van der Waals surface area (Å²) >= 11 is 0. The van der Waals surface area contributed by atoms with E-state index in [1.807, 2.05) is 36.4 Å². The Hall–Kier alpha value is -2.31. The van der Waals surface area contributed by atoms with Gasteiger partial charge in [0.1, 0.15) is 5.76 Å². The minimum absolute atomic E-state index is 0.0210. The number of nitrogens with zero attached hydrogens (tertiary/aromatic N) is 1. The predicted octanol–water partition coefficient (Wildman–Crippen LogP) is 2.01. The zero-order valence-corrected chi connectivity index (χ0v) is 12.7. The van der Waals surface area contributed by atoms with Crippen molar-refractivity contribution in [2.45, 2.75) is 0 Å². The van der Waals surface area contributed by atoms with E-state index < -0.39 is 0 Å². The van der Waals surface area contributed by atoms with Gasteiger partial charge < -0.3 is 24.8 Å². The molecule has 3 rings (SSSR count). The lowest BCUT2D eigenvalue weighted by Crippen LogP contribution is -2.33. The summed E-state index contributed by atoms with van der Waals surface area (Å²) in [6.07, 6.45) is 1.62. The number of aliphatic hydroxyl groups excluding tert-OH is 2. The van der Waals surface area contributed by atoms with E-state index in [4.69, 9.17) is 4.42 Å². The van der Waals surface area contributed by atoms with Crippen molar-refractivity contribution in [3.8, 4) is 11.3 Å². The zero-order valence-electron chi connectivity index (χ0n) is 12.7. The van der Waals surface area contributed by atoms with Crippen molar-refractivity contribution >= 4 is 11.7 Å². The Balaban J connectivity index is 1.62. The standard InChI is InChI=1S/C17H20N2O4/c20-10-13-8-19(9-14(13)11-21)17(22)18-15-5-3-12(4-6-15)16-2-1-7-23-16/h1-7,13-14,20-21H,8-11H2,(H,18,22)/t13-,14-/m1/s1. The first-order valence-electron chi connectivity index (χ1n) is 7.63. The van der Waals surface area contributed by atoms with E-state index in [2.05, 4.69) is 5.32 Å². The maximum absolute atomic E-state index is 12.3. The Morgan fingerprint density at radius 3 is 2.30 bits per heavy atom. The fourth-order valence-corrected chi connectivity index (χ4v) is 2.88. The van der Waals surface area contributed by atoms with E-state index >= 15 is 0 Å². The third-order valence-electron chi connectivity index (χ3n) is 4.27. The van der Waals surface area contributed by atoms with Gasteiger partial charge in [0.25, 0.3) is 0 Å². The molecule has 6 nitrogen and oxygen atoms in total. The summed E-state index contributed by atoms with van der Waals surface area (Å²) in [5.41, 5.74) is 1.63. The van der Waals surface area contributed by atoms with E-state index in [9.17, 15) is 15.0 Å². The monoisotopic (exact) mass is 316 g/mol. The average molecular weight is 316 g/mol. The van der Waals surface area contributed by atoms with E-state index in [-0.39, 0.29) is 31.1 Å². The summed E-state index contributed by atoms with van der Waals surface area (Å²) in [6, 6.07) is 10.9. The van der Waals surface area contributed by atoms with Crippen LogP contribution in [0.15, 0.2) is 47.1 Å². The second kappa shape index (κ2) is 6.85. The fourth-order valence-electron chi connectivity index (χ4n) is 2.88. The molecule has 1 aromatic carbocycles. The van der Waals surface area contributed by atoms with Crippen LogP contribution in [0.4, 0.5) is 10.5 Å². The number of hydrogen-bond acceptors (Lipinski definition) is 4. The molecule has 1 fully saturated rings. The third-order valence-corrected chi connectivity index (χ3v) is 4.27. The number of hydrogen-bond donors (Lipinski definition) is 3. The largest absolute Gasteiger partial charge is 0.464 e. The molecular formula is C17H20N2O4. The van der Waals surface area contributed by atoms with Crippen molar-refractivity contribution in [3.05, 3.63) is 42.7 Å². The van der Waals surface area contributed by atoms with Gasteiger partial charge in [0.2, 0.25) is 0 Å². The van der Waals surface area contributed by atoms with Gasteiger partial charge in [-0.2, -0.15) is 0 Å². The lowest BCUT2D eigenvalue weighted by Gasteiger charge is -2.17. The quantitative estimate of drug-likeness (QED) is 0.805. The van der Waals surface area contributed by atoms with Crippen LogP contribution in [0.2, 0.25) is 0 Å². The van der Waals surface area contributed by atoms with Crippen molar-refractivity contribution < 1.29 is 19.4 Å². The van der Waals surface area contributed by atoms with Crippen LogP contribution < -0.4 is 5.32 Å². The molecule has 0 aliphatic carbocycles. The highest BCUT2D eigenvalue weighted by Gasteiger charge is 2.34. The second-order valence-electron chi connectivity index (χ2n) is 5.78. The molecule has 0 saturated carbocycles. The highest BCUT2D eigenvalue weighted by Crippen LogP contribution is 2.25. The molecule has 0 bridgehead atoms. The number of furan rings is 1. The Kier molecular flexibility index (Phi) is 4.64. The number of amides is 2. The molecule has 0 spiro atoms. The Morgan fingerprint density at radius 1 is 1.13 bits per heavy atom. The summed E-state index contributed by atoms with van der Waals surface area (Å²) in [4.78, 5) is 13.9. The van der Waals surface area contributed by atoms with Crippen LogP contribution in [0.25, 0.3) is 11.3 Å². The van der Waals surface area contributed by atoms with Crippen LogP contribution in [0.5, 0.6) is 0 Å². The lowest BCUT2D eigenvalue weighted by molar-refractivity contribution is 0.152. The second-order valence-corrected chi connectivity index (χ2v) is 5.78. The van der Waals surface area contributed by atoms with Gasteiger partial charge in [-0.05, 0) is 36.4 Å². The third kappa shape index (κ3) is 3.38. The van der Waals surface area contributed by atoms with Crippen molar-refractivity contribution in [2.24, 2.45) is 11.8 Å². The molecule has 1 aromatic heterocycles. The number of likely N-dealkylation sites (tertiary alicyclic amines) is 1. The van der Waals surface area contributed by atoms with Crippen LogP contribution >= 0.6 is 0 Å². The number of rotatable bonds is 4. The first-order valence-corrected chi connectivity index (χ1v) is 7.63. The van der Waals surface area contributed by atoms with Crippen LogP contribution in [-0.2, 0) is 0 Å². The summed E-state index contributed by atoms with van der Waals surface area (Å²) in [5.74, 6) is 0.651. The summed E-state index contributed by atoms with van der Waals surface area (Å²) in [7, 11) is 0. The van der Waals surface area contributed by atoms with Gasteiger partial charge in [0.15, 0.2) is 0 Å². The minimum Gasteiger partial charge on any atom is -0.464 e. The van der Waals surface area contributed by atoms with Crippen molar-refractivity contribution in [1.82, 2.24) is 4.90 Å². The molecule has 122 valence electrons. The fraction of sp³-hybridized carbons (Fsp3) is 0.353. The Bertz CT molecular complexity index is 627. The van der Waals surface area contributed by atoms with Crippen LogP contribution in [-0.4, -0.2) is 47.4 Å². The predicted molar refractivity (Wildman–Crippen MR) is 85.9 cm³/mol. The van der Waals surface area contributed by atoms with Crippen LogP contribution in [0, 0.1) is 11.8 Å². The minimum atomic E-state index is -0.217. The summed E-state index contributed by atoms with van der Waals surface area (Å²) < 4.78 is 5.33. The van der Waals surface area contributed by atoms with Gasteiger partial charge in [0, 0.05) is 49.4 Å². The summed E-state index contributed by atoms with van der Waals surface area (Å²) in [5, 5.41) is 21.4. The summed E-state index contributed by atoms with van der Waals surface area (Å²) in [6.45, 7) is 0.871. The van der Waals surface area contributed by atoms with Crippen LogP contribution in [0.3, 0.4) is 0 Å². The molecule has 2 aromatic rings. The molecule has 3 N–H and O–H groups in total. The Morgan fingerprint density at radius 2 is 1.78 bits per heavy atom. The van der Waals surface area contributed by atoms with Gasteiger partial charge >= 0.3 is 6.03 Å². The lowest BCUT2D eigenvalue weighted by atomic mass is 9.98.